The van der Waals surface area contributed by atoms with Crippen LogP contribution in [0.3, 0.4) is 0 Å². The van der Waals surface area contributed by atoms with Crippen molar-refractivity contribution in [2.24, 2.45) is 5.10 Å². The Morgan fingerprint density at radius 2 is 1.88 bits per heavy atom. The van der Waals surface area contributed by atoms with Crippen molar-refractivity contribution in [1.29, 1.82) is 0 Å². The Hall–Kier alpha value is -3.23. The molecule has 2 aliphatic heterocycles. The Balaban J connectivity index is 1.32. The molecule has 2 aromatic carbocycles. The van der Waals surface area contributed by atoms with E-state index in [1.807, 2.05) is 60.6 Å². The molecule has 0 radical (unpaired) electrons. The SMILES string of the molecule is CCOC(=O)CN1CCc2cc(C(=O)Nc3ccc(C=NN4CCOCC4)cc3)ccc2C1. The number of amides is 1. The first kappa shape index (κ1) is 22.9. The van der Waals surface area contributed by atoms with Crippen LogP contribution in [0.5, 0.6) is 0 Å². The summed E-state index contributed by atoms with van der Waals surface area (Å²) in [4.78, 5) is 26.6. The van der Waals surface area contributed by atoms with E-state index in [1.165, 1.54) is 0 Å². The van der Waals surface area contributed by atoms with E-state index < -0.39 is 0 Å². The second-order valence-corrected chi connectivity index (χ2v) is 8.14. The number of hydrogen-bond donors (Lipinski definition) is 1. The van der Waals surface area contributed by atoms with E-state index in [0.717, 1.165) is 48.4 Å². The van der Waals surface area contributed by atoms with Gasteiger partial charge >= 0.3 is 5.97 Å². The first-order valence-corrected chi connectivity index (χ1v) is 11.4. The first-order chi connectivity index (χ1) is 16.1. The largest absolute Gasteiger partial charge is 0.465 e. The van der Waals surface area contributed by atoms with E-state index in [1.54, 1.807) is 0 Å². The molecule has 0 saturated carbocycles. The van der Waals surface area contributed by atoms with E-state index in [2.05, 4.69) is 15.3 Å². The topological polar surface area (TPSA) is 83.5 Å². The van der Waals surface area contributed by atoms with Crippen LogP contribution < -0.4 is 5.32 Å². The van der Waals surface area contributed by atoms with Crippen molar-refractivity contribution < 1.29 is 19.1 Å². The van der Waals surface area contributed by atoms with Crippen molar-refractivity contribution in [2.45, 2.75) is 19.9 Å². The molecule has 1 amide bonds. The predicted molar refractivity (Wildman–Crippen MR) is 126 cm³/mol. The Morgan fingerprint density at radius 1 is 1.09 bits per heavy atom. The standard InChI is InChI=1S/C25H30N4O4/c1-2-33-24(30)18-28-10-9-20-15-21(5-6-22(20)17-28)25(31)27-23-7-3-19(4-8-23)16-26-29-11-13-32-14-12-29/h3-8,15-16H,2,9-14,17-18H2,1H3,(H,27,31). The van der Waals surface area contributed by atoms with Gasteiger partial charge in [0.25, 0.3) is 5.91 Å². The molecule has 174 valence electrons. The Bertz CT molecular complexity index is 1000. The van der Waals surface area contributed by atoms with Gasteiger partial charge in [-0.25, -0.2) is 0 Å². The summed E-state index contributed by atoms with van der Waals surface area (Å²) in [7, 11) is 0. The van der Waals surface area contributed by atoms with Crippen LogP contribution in [0, 0.1) is 0 Å². The van der Waals surface area contributed by atoms with Crippen molar-refractivity contribution in [3.05, 3.63) is 64.7 Å². The molecule has 1 fully saturated rings. The molecule has 0 atom stereocenters. The highest BCUT2D eigenvalue weighted by Crippen LogP contribution is 2.21. The van der Waals surface area contributed by atoms with Crippen LogP contribution in [0.2, 0.25) is 0 Å². The third-order valence-electron chi connectivity index (χ3n) is 5.74. The highest BCUT2D eigenvalue weighted by Gasteiger charge is 2.20. The third kappa shape index (κ3) is 6.40. The number of nitrogens with one attached hydrogen (secondary N) is 1. The molecule has 0 aromatic heterocycles. The molecule has 1 saturated heterocycles. The zero-order chi connectivity index (χ0) is 23.0. The fourth-order valence-corrected chi connectivity index (χ4v) is 3.95. The molecular weight excluding hydrogens is 420 g/mol. The average Bonchev–Trinajstić information content (AvgIpc) is 2.84. The Labute approximate surface area is 194 Å². The van der Waals surface area contributed by atoms with Gasteiger partial charge in [-0.15, -0.1) is 0 Å². The third-order valence-corrected chi connectivity index (χ3v) is 5.74. The van der Waals surface area contributed by atoms with Crippen molar-refractivity contribution >= 4 is 23.8 Å². The summed E-state index contributed by atoms with van der Waals surface area (Å²) in [6, 6.07) is 13.4. The van der Waals surface area contributed by atoms with Gasteiger partial charge in [0.15, 0.2) is 0 Å². The van der Waals surface area contributed by atoms with Gasteiger partial charge in [-0.1, -0.05) is 18.2 Å². The number of carbonyl (C=O) groups is 2. The zero-order valence-electron chi connectivity index (χ0n) is 19.0. The maximum absolute atomic E-state index is 12.8. The van der Waals surface area contributed by atoms with E-state index in [0.29, 0.717) is 38.5 Å². The van der Waals surface area contributed by atoms with Crippen LogP contribution >= 0.6 is 0 Å². The van der Waals surface area contributed by atoms with Gasteiger partial charge in [0, 0.05) is 24.3 Å². The highest BCUT2D eigenvalue weighted by molar-refractivity contribution is 6.04. The molecule has 2 aromatic rings. The van der Waals surface area contributed by atoms with Crippen LogP contribution in [0.4, 0.5) is 5.69 Å². The van der Waals surface area contributed by atoms with Crippen LogP contribution in [0.25, 0.3) is 0 Å². The molecule has 0 bridgehead atoms. The number of carbonyl (C=O) groups excluding carboxylic acids is 2. The first-order valence-electron chi connectivity index (χ1n) is 11.4. The second kappa shape index (κ2) is 11.1. The Morgan fingerprint density at radius 3 is 2.64 bits per heavy atom. The fourth-order valence-electron chi connectivity index (χ4n) is 3.95. The lowest BCUT2D eigenvalue weighted by molar-refractivity contribution is -0.144. The minimum Gasteiger partial charge on any atom is -0.465 e. The quantitative estimate of drug-likeness (QED) is 0.516. The van der Waals surface area contributed by atoms with Crippen LogP contribution in [-0.4, -0.2) is 74.0 Å². The number of hydrazone groups is 1. The van der Waals surface area contributed by atoms with E-state index >= 15 is 0 Å². The summed E-state index contributed by atoms with van der Waals surface area (Å²) < 4.78 is 10.4. The molecule has 2 heterocycles. The molecule has 0 spiro atoms. The molecule has 33 heavy (non-hydrogen) atoms. The number of rotatable bonds is 7. The number of ether oxygens (including phenoxy) is 2. The van der Waals surface area contributed by atoms with Crippen LogP contribution in [-0.2, 0) is 27.2 Å². The Kier molecular flexibility index (Phi) is 7.70. The lowest BCUT2D eigenvalue weighted by atomic mass is 9.97. The molecule has 0 aliphatic carbocycles. The molecule has 8 heteroatoms. The lowest BCUT2D eigenvalue weighted by Gasteiger charge is -2.28. The van der Waals surface area contributed by atoms with Crippen molar-refractivity contribution in [3.63, 3.8) is 0 Å². The maximum Gasteiger partial charge on any atom is 0.320 e. The van der Waals surface area contributed by atoms with Crippen molar-refractivity contribution in [2.75, 3.05) is 51.3 Å². The van der Waals surface area contributed by atoms with E-state index in [-0.39, 0.29) is 11.9 Å². The molecule has 8 nitrogen and oxygen atoms in total. The fraction of sp³-hybridized carbons (Fsp3) is 0.400. The van der Waals surface area contributed by atoms with Gasteiger partial charge in [0.1, 0.15) is 0 Å². The smallest absolute Gasteiger partial charge is 0.320 e. The number of fused-ring (bicyclic) bond motifs is 1. The maximum atomic E-state index is 12.8. The van der Waals surface area contributed by atoms with E-state index in [4.69, 9.17) is 9.47 Å². The van der Waals surface area contributed by atoms with Crippen molar-refractivity contribution in [3.8, 4) is 0 Å². The molecule has 4 rings (SSSR count). The summed E-state index contributed by atoms with van der Waals surface area (Å²) in [6.07, 6.45) is 2.62. The molecule has 1 N–H and O–H groups in total. The van der Waals surface area contributed by atoms with Crippen LogP contribution in [0.1, 0.15) is 34.0 Å². The number of nitrogens with zero attached hydrogens (tertiary/aromatic N) is 3. The summed E-state index contributed by atoms with van der Waals surface area (Å²) in [6.45, 7) is 6.96. The minimum atomic E-state index is -0.199. The highest BCUT2D eigenvalue weighted by atomic mass is 16.5. The molecular formula is C25H30N4O4. The second-order valence-electron chi connectivity index (χ2n) is 8.14. The minimum absolute atomic E-state index is 0.138. The lowest BCUT2D eigenvalue weighted by Crippen LogP contribution is -2.35. The number of anilines is 1. The van der Waals surface area contributed by atoms with Gasteiger partial charge in [-0.3, -0.25) is 19.5 Å². The molecule has 0 unspecified atom stereocenters. The summed E-state index contributed by atoms with van der Waals surface area (Å²) >= 11 is 0. The monoisotopic (exact) mass is 450 g/mol. The van der Waals surface area contributed by atoms with Gasteiger partial charge < -0.3 is 14.8 Å². The predicted octanol–water partition coefficient (Wildman–Crippen LogP) is 2.53. The summed E-state index contributed by atoms with van der Waals surface area (Å²) in [5.74, 6) is -0.336. The van der Waals surface area contributed by atoms with Gasteiger partial charge in [0.2, 0.25) is 0 Å². The number of esters is 1. The van der Waals surface area contributed by atoms with Gasteiger partial charge in [-0.2, -0.15) is 5.10 Å². The van der Waals surface area contributed by atoms with Crippen LogP contribution in [0.15, 0.2) is 47.6 Å². The number of morpholine rings is 1. The zero-order valence-corrected chi connectivity index (χ0v) is 19.0. The van der Waals surface area contributed by atoms with Gasteiger partial charge in [-0.05, 0) is 54.3 Å². The number of hydrogen-bond acceptors (Lipinski definition) is 7. The average molecular weight is 451 g/mol. The summed E-state index contributed by atoms with van der Waals surface area (Å²) in [5, 5.41) is 9.43. The van der Waals surface area contributed by atoms with Gasteiger partial charge in [0.05, 0.1) is 45.7 Å². The normalized spacial score (nSPS) is 16.5. The van der Waals surface area contributed by atoms with E-state index in [9.17, 15) is 9.59 Å². The molecule has 2 aliphatic rings. The number of benzene rings is 2. The summed E-state index contributed by atoms with van der Waals surface area (Å²) in [5.41, 5.74) is 4.64. The van der Waals surface area contributed by atoms with Crippen molar-refractivity contribution in [1.82, 2.24) is 9.91 Å².